The van der Waals surface area contributed by atoms with E-state index in [1.807, 2.05) is 22.6 Å². The van der Waals surface area contributed by atoms with Crippen LogP contribution in [0.25, 0.3) is 0 Å². The van der Waals surface area contributed by atoms with Crippen LogP contribution in [0.5, 0.6) is 0 Å². The molecule has 3 rings (SSSR count). The highest BCUT2D eigenvalue weighted by molar-refractivity contribution is 14.1. The normalized spacial score (nSPS) is 14.4. The van der Waals surface area contributed by atoms with Crippen LogP contribution in [0.4, 0.5) is 21.6 Å². The zero-order valence-corrected chi connectivity index (χ0v) is 16.7. The van der Waals surface area contributed by atoms with Gasteiger partial charge in [-0.1, -0.05) is 11.6 Å². The third kappa shape index (κ3) is 3.93. The Morgan fingerprint density at radius 1 is 1.28 bits per heavy atom. The van der Waals surface area contributed by atoms with Crippen LogP contribution < -0.4 is 15.6 Å². The van der Waals surface area contributed by atoms with Crippen molar-refractivity contribution in [3.63, 3.8) is 0 Å². The second-order valence-corrected chi connectivity index (χ2v) is 9.33. The first kappa shape index (κ1) is 18.5. The first-order chi connectivity index (χ1) is 11.7. The van der Waals surface area contributed by atoms with Crippen LogP contribution in [0.1, 0.15) is 12.8 Å². The van der Waals surface area contributed by atoms with E-state index in [1.165, 1.54) is 25.2 Å². The van der Waals surface area contributed by atoms with Crippen LogP contribution >= 0.6 is 34.2 Å². The zero-order chi connectivity index (χ0) is 18.4. The van der Waals surface area contributed by atoms with Crippen LogP contribution in [-0.4, -0.2) is 18.2 Å². The molecule has 0 spiro atoms. The second kappa shape index (κ2) is 6.76. The van der Waals surface area contributed by atoms with Gasteiger partial charge in [-0.3, -0.25) is 14.1 Å². The Bertz CT molecular complexity index is 1010. The molecule has 1 saturated carbocycles. The maximum Gasteiger partial charge on any atom is 0.270 e. The minimum atomic E-state index is -3.58. The SMILES string of the molecule is Cn1c(Nc2ccc(I)cc2F)c(NS(=O)(=O)C2CC2)cc(Cl)c1=O. The molecule has 6 nitrogen and oxygen atoms in total. The summed E-state index contributed by atoms with van der Waals surface area (Å²) < 4.78 is 42.9. The first-order valence-electron chi connectivity index (χ1n) is 7.32. The molecule has 0 saturated heterocycles. The molecule has 0 radical (unpaired) electrons. The van der Waals surface area contributed by atoms with E-state index in [0.717, 1.165) is 4.57 Å². The minimum absolute atomic E-state index is 0.0944. The third-order valence-electron chi connectivity index (χ3n) is 3.77. The van der Waals surface area contributed by atoms with Gasteiger partial charge in [-0.05, 0) is 59.7 Å². The summed E-state index contributed by atoms with van der Waals surface area (Å²) in [5.41, 5.74) is -0.314. The molecule has 10 heteroatoms. The van der Waals surface area contributed by atoms with Gasteiger partial charge in [0.2, 0.25) is 10.0 Å². The molecule has 0 bridgehead atoms. The lowest BCUT2D eigenvalue weighted by atomic mass is 10.3. The standard InChI is InChI=1S/C15H14ClFIN3O3S/c1-21-14(19-12-5-2-8(18)6-11(12)17)13(7-10(16)15(21)22)20-25(23,24)9-3-4-9/h2,5-7,9,19-20H,3-4H2,1H3. The maximum absolute atomic E-state index is 14.1. The Morgan fingerprint density at radius 3 is 2.56 bits per heavy atom. The number of halogens is 3. The summed E-state index contributed by atoms with van der Waals surface area (Å²) in [6, 6.07) is 5.76. The van der Waals surface area contributed by atoms with E-state index in [0.29, 0.717) is 16.4 Å². The third-order valence-corrected chi connectivity index (χ3v) is 6.57. The van der Waals surface area contributed by atoms with Gasteiger partial charge in [0.1, 0.15) is 16.7 Å². The molecule has 2 aromatic rings. The molecule has 1 aromatic heterocycles. The minimum Gasteiger partial charge on any atom is -0.337 e. The van der Waals surface area contributed by atoms with Crippen molar-refractivity contribution in [3.05, 3.63) is 49.0 Å². The Balaban J connectivity index is 2.07. The summed E-state index contributed by atoms with van der Waals surface area (Å²) in [5.74, 6) is -0.413. The number of hydrogen-bond acceptors (Lipinski definition) is 4. The number of sulfonamides is 1. The van der Waals surface area contributed by atoms with E-state index in [4.69, 9.17) is 11.6 Å². The van der Waals surface area contributed by atoms with E-state index in [1.54, 1.807) is 6.07 Å². The highest BCUT2D eigenvalue weighted by Gasteiger charge is 2.36. The lowest BCUT2D eigenvalue weighted by Gasteiger charge is -2.18. The van der Waals surface area contributed by atoms with Crippen LogP contribution in [0.15, 0.2) is 29.1 Å². The van der Waals surface area contributed by atoms with Crippen molar-refractivity contribution in [1.29, 1.82) is 0 Å². The Hall–Kier alpha value is -1.33. The highest BCUT2D eigenvalue weighted by atomic mass is 127. The molecule has 0 atom stereocenters. The number of nitrogens with one attached hydrogen (secondary N) is 2. The highest BCUT2D eigenvalue weighted by Crippen LogP contribution is 2.33. The number of benzene rings is 1. The van der Waals surface area contributed by atoms with E-state index >= 15 is 0 Å². The quantitative estimate of drug-likeness (QED) is 0.621. The second-order valence-electron chi connectivity index (χ2n) is 5.71. The van der Waals surface area contributed by atoms with E-state index < -0.39 is 26.6 Å². The largest absolute Gasteiger partial charge is 0.337 e. The van der Waals surface area contributed by atoms with Gasteiger partial charge in [0.15, 0.2) is 0 Å². The topological polar surface area (TPSA) is 80.2 Å². The van der Waals surface area contributed by atoms with Gasteiger partial charge in [0.05, 0.1) is 16.6 Å². The number of rotatable bonds is 5. The molecule has 1 aromatic carbocycles. The Labute approximate surface area is 162 Å². The van der Waals surface area contributed by atoms with Crippen LogP contribution in [-0.2, 0) is 17.1 Å². The number of hydrogen-bond donors (Lipinski definition) is 2. The van der Waals surface area contributed by atoms with Gasteiger partial charge in [-0.25, -0.2) is 12.8 Å². The van der Waals surface area contributed by atoms with E-state index in [2.05, 4.69) is 10.0 Å². The van der Waals surface area contributed by atoms with Crippen molar-refractivity contribution in [1.82, 2.24) is 4.57 Å². The predicted octanol–water partition coefficient (Wildman–Crippen LogP) is 3.43. The number of anilines is 3. The molecule has 2 N–H and O–H groups in total. The van der Waals surface area contributed by atoms with Crippen LogP contribution in [0.2, 0.25) is 5.02 Å². The molecule has 0 unspecified atom stereocenters. The van der Waals surface area contributed by atoms with Gasteiger partial charge >= 0.3 is 0 Å². The summed E-state index contributed by atoms with van der Waals surface area (Å²) >= 11 is 7.88. The van der Waals surface area contributed by atoms with Gasteiger partial charge in [0, 0.05) is 10.6 Å². The van der Waals surface area contributed by atoms with Gasteiger partial charge in [0.25, 0.3) is 5.56 Å². The first-order valence-corrected chi connectivity index (χ1v) is 10.3. The molecule has 0 aliphatic heterocycles. The average molecular weight is 498 g/mol. The monoisotopic (exact) mass is 497 g/mol. The van der Waals surface area contributed by atoms with Crippen LogP contribution in [0.3, 0.4) is 0 Å². The Morgan fingerprint density at radius 2 is 1.96 bits per heavy atom. The molecule has 1 aliphatic carbocycles. The maximum atomic E-state index is 14.1. The predicted molar refractivity (Wildman–Crippen MR) is 105 cm³/mol. The van der Waals surface area contributed by atoms with Crippen molar-refractivity contribution in [2.75, 3.05) is 10.0 Å². The Kier molecular flexibility index (Phi) is 5.00. The lowest BCUT2D eigenvalue weighted by Crippen LogP contribution is -2.24. The summed E-state index contributed by atoms with van der Waals surface area (Å²) in [4.78, 5) is 12.1. The van der Waals surface area contributed by atoms with Gasteiger partial charge in [-0.15, -0.1) is 0 Å². The van der Waals surface area contributed by atoms with E-state index in [9.17, 15) is 17.6 Å². The molecule has 1 fully saturated rings. The zero-order valence-electron chi connectivity index (χ0n) is 13.0. The number of nitrogens with zero attached hydrogens (tertiary/aromatic N) is 1. The van der Waals surface area contributed by atoms with Gasteiger partial charge < -0.3 is 5.32 Å². The fourth-order valence-electron chi connectivity index (χ4n) is 2.26. The lowest BCUT2D eigenvalue weighted by molar-refractivity contribution is 0.600. The summed E-state index contributed by atoms with van der Waals surface area (Å²) in [7, 11) is -2.15. The molecule has 1 heterocycles. The fourth-order valence-corrected chi connectivity index (χ4v) is 4.34. The van der Waals surface area contributed by atoms with Crippen molar-refractivity contribution >= 4 is 61.4 Å². The summed E-state index contributed by atoms with van der Waals surface area (Å²) in [5, 5.41) is 2.20. The van der Waals surface area contributed by atoms with Crippen LogP contribution in [0, 0.1) is 9.39 Å². The summed E-state index contributed by atoms with van der Waals surface area (Å²) in [6.07, 6.45) is 1.17. The van der Waals surface area contributed by atoms with E-state index in [-0.39, 0.29) is 22.2 Å². The molecule has 1 aliphatic rings. The fraction of sp³-hybridized carbons (Fsp3) is 0.267. The molecule has 134 valence electrons. The number of aromatic nitrogens is 1. The summed E-state index contributed by atoms with van der Waals surface area (Å²) in [6.45, 7) is 0. The van der Waals surface area contributed by atoms with Gasteiger partial charge in [-0.2, -0.15) is 0 Å². The molecule has 25 heavy (non-hydrogen) atoms. The van der Waals surface area contributed by atoms with Crippen molar-refractivity contribution in [2.24, 2.45) is 7.05 Å². The molecule has 0 amide bonds. The molecular weight excluding hydrogens is 484 g/mol. The number of pyridine rings is 1. The van der Waals surface area contributed by atoms with Crippen molar-refractivity contribution in [2.45, 2.75) is 18.1 Å². The van der Waals surface area contributed by atoms with Crippen molar-refractivity contribution in [3.8, 4) is 0 Å². The van der Waals surface area contributed by atoms with Crippen molar-refractivity contribution < 1.29 is 12.8 Å². The molecular formula is C15H14ClFIN3O3S. The average Bonchev–Trinajstić information content (AvgIpc) is 3.36. The smallest absolute Gasteiger partial charge is 0.270 e.